The second-order valence-electron chi connectivity index (χ2n) is 12.7. The molecule has 1 amide bonds. The number of amides is 1. The van der Waals surface area contributed by atoms with Crippen LogP contribution in [0.2, 0.25) is 5.02 Å². The average molecular weight is 634 g/mol. The monoisotopic (exact) mass is 633 g/mol. The molecule has 6 rings (SSSR count). The Morgan fingerprint density at radius 3 is 2.42 bits per heavy atom. The molecule has 2 aromatic carbocycles. The van der Waals surface area contributed by atoms with E-state index < -0.39 is 33.5 Å². The van der Waals surface area contributed by atoms with Crippen LogP contribution >= 0.6 is 11.6 Å². The maximum absolute atomic E-state index is 14.4. The summed E-state index contributed by atoms with van der Waals surface area (Å²) in [5.41, 5.74) is -0.341. The number of benzene rings is 2. The van der Waals surface area contributed by atoms with Gasteiger partial charge in [-0.05, 0) is 106 Å². The summed E-state index contributed by atoms with van der Waals surface area (Å²) in [7, 11) is -4.06. The number of ether oxygens (including phenoxy) is 1. The second-order valence-corrected chi connectivity index (χ2v) is 14.9. The number of carbonyl (C=O) groups excluding carboxylic acids is 1. The molecule has 4 aliphatic rings. The number of aliphatic hydroxyl groups is 1. The smallest absolute Gasteiger partial charge is 0.410 e. The van der Waals surface area contributed by atoms with Gasteiger partial charge in [0.05, 0.1) is 23.6 Å². The van der Waals surface area contributed by atoms with Crippen molar-refractivity contribution in [1.82, 2.24) is 14.5 Å². The Balaban J connectivity index is 1.27. The van der Waals surface area contributed by atoms with Crippen LogP contribution in [-0.4, -0.2) is 71.2 Å². The molecule has 2 bridgehead atoms. The zero-order valence-corrected chi connectivity index (χ0v) is 26.1. The highest BCUT2D eigenvalue weighted by atomic mass is 35.5. The summed E-state index contributed by atoms with van der Waals surface area (Å²) in [6.45, 7) is 2.13. The predicted octanol–water partition coefficient (Wildman–Crippen LogP) is 5.79. The van der Waals surface area contributed by atoms with Gasteiger partial charge in [0.25, 0.3) is 0 Å². The van der Waals surface area contributed by atoms with Crippen LogP contribution < -0.4 is 5.32 Å². The molecule has 0 radical (unpaired) electrons. The van der Waals surface area contributed by atoms with Gasteiger partial charge in [-0.25, -0.2) is 17.6 Å². The van der Waals surface area contributed by atoms with Crippen LogP contribution in [0, 0.1) is 5.82 Å². The van der Waals surface area contributed by atoms with Crippen LogP contribution in [0.4, 0.5) is 9.18 Å². The molecule has 2 N–H and O–H groups in total. The van der Waals surface area contributed by atoms with Gasteiger partial charge in [-0.2, -0.15) is 4.31 Å². The summed E-state index contributed by atoms with van der Waals surface area (Å²) in [6, 6.07) is 11.4. The molecule has 11 heteroatoms. The predicted molar refractivity (Wildman–Crippen MR) is 162 cm³/mol. The highest BCUT2D eigenvalue weighted by Crippen LogP contribution is 2.53. The van der Waals surface area contributed by atoms with Crippen LogP contribution in [0.5, 0.6) is 0 Å². The van der Waals surface area contributed by atoms with Crippen LogP contribution in [0.3, 0.4) is 0 Å². The lowest BCUT2D eigenvalue weighted by atomic mass is 9.90. The van der Waals surface area contributed by atoms with Gasteiger partial charge in [0.15, 0.2) is 0 Å². The van der Waals surface area contributed by atoms with Gasteiger partial charge in [-0.3, -0.25) is 0 Å². The van der Waals surface area contributed by atoms with E-state index in [9.17, 15) is 22.7 Å². The third-order valence-corrected chi connectivity index (χ3v) is 12.1. The Kier molecular flexibility index (Phi) is 8.78. The fraction of sp³-hybridized carbons (Fsp3) is 0.594. The van der Waals surface area contributed by atoms with Crippen LogP contribution in [-0.2, 0) is 14.8 Å². The number of hydrogen-bond acceptors (Lipinski definition) is 6. The van der Waals surface area contributed by atoms with Crippen molar-refractivity contribution in [3.63, 3.8) is 0 Å². The number of nitrogens with one attached hydrogen (secondary N) is 1. The average Bonchev–Trinajstić information content (AvgIpc) is 3.72. The molecule has 0 aromatic heterocycles. The fourth-order valence-corrected chi connectivity index (χ4v) is 9.70. The molecule has 3 saturated heterocycles. The van der Waals surface area contributed by atoms with Crippen molar-refractivity contribution in [2.24, 2.45) is 0 Å². The van der Waals surface area contributed by atoms with Crippen LogP contribution in [0.1, 0.15) is 82.7 Å². The van der Waals surface area contributed by atoms with Gasteiger partial charge in [0.2, 0.25) is 10.0 Å². The number of rotatable bonds is 9. The first-order chi connectivity index (χ1) is 20.6. The molecular weight excluding hydrogens is 593 g/mol. The third kappa shape index (κ3) is 6.06. The topological polar surface area (TPSA) is 99.2 Å². The number of hydrogen-bond donors (Lipinski definition) is 2. The minimum absolute atomic E-state index is 0.0449. The van der Waals surface area contributed by atoms with Crippen molar-refractivity contribution in [3.8, 4) is 0 Å². The first-order valence-electron chi connectivity index (χ1n) is 15.6. The number of halogens is 2. The Morgan fingerprint density at radius 2 is 1.81 bits per heavy atom. The molecule has 3 aliphatic heterocycles. The highest BCUT2D eigenvalue weighted by Gasteiger charge is 2.61. The lowest BCUT2D eigenvalue weighted by molar-refractivity contribution is -0.0208. The summed E-state index contributed by atoms with van der Waals surface area (Å²) in [5.74, 6) is -0.423. The van der Waals surface area contributed by atoms with E-state index in [2.05, 4.69) is 5.32 Å². The van der Waals surface area contributed by atoms with Crippen molar-refractivity contribution < 1.29 is 27.4 Å². The van der Waals surface area contributed by atoms with Gasteiger partial charge in [0, 0.05) is 29.2 Å². The molecule has 3 heterocycles. The second kappa shape index (κ2) is 12.3. The van der Waals surface area contributed by atoms with Gasteiger partial charge >= 0.3 is 6.09 Å². The van der Waals surface area contributed by atoms with E-state index in [4.69, 9.17) is 16.3 Å². The van der Waals surface area contributed by atoms with E-state index >= 15 is 0 Å². The zero-order chi connectivity index (χ0) is 30.4. The summed E-state index contributed by atoms with van der Waals surface area (Å²) in [4.78, 5) is 15.9. The van der Waals surface area contributed by atoms with Crippen LogP contribution in [0.15, 0.2) is 53.4 Å². The molecule has 234 valence electrons. The van der Waals surface area contributed by atoms with Gasteiger partial charge < -0.3 is 20.1 Å². The largest absolute Gasteiger partial charge is 0.441 e. The van der Waals surface area contributed by atoms with Gasteiger partial charge in [-0.1, -0.05) is 30.7 Å². The molecule has 5 atom stereocenters. The quantitative estimate of drug-likeness (QED) is 0.363. The third-order valence-electron chi connectivity index (χ3n) is 9.96. The lowest BCUT2D eigenvalue weighted by Gasteiger charge is -2.45. The van der Waals surface area contributed by atoms with E-state index in [-0.39, 0.29) is 41.8 Å². The summed E-state index contributed by atoms with van der Waals surface area (Å²) in [6.07, 6.45) is 6.85. The summed E-state index contributed by atoms with van der Waals surface area (Å²) in [5, 5.41) is 13.6. The molecule has 4 fully saturated rings. The van der Waals surface area contributed by atoms with Gasteiger partial charge in [-0.15, -0.1) is 0 Å². The molecule has 8 nitrogen and oxygen atoms in total. The first kappa shape index (κ1) is 30.8. The molecule has 1 saturated carbocycles. The van der Waals surface area contributed by atoms with Crippen molar-refractivity contribution >= 4 is 27.7 Å². The Morgan fingerprint density at radius 1 is 1.12 bits per heavy atom. The number of aliphatic hydroxyl groups excluding tert-OH is 1. The molecule has 1 aliphatic carbocycles. The number of sulfonamides is 1. The minimum Gasteiger partial charge on any atom is -0.441 e. The number of carbonyl (C=O) groups is 1. The molecule has 43 heavy (non-hydrogen) atoms. The van der Waals surface area contributed by atoms with E-state index in [0.29, 0.717) is 36.3 Å². The highest BCUT2D eigenvalue weighted by molar-refractivity contribution is 7.89. The Bertz CT molecular complexity index is 1400. The number of fused-ring (bicyclic) bond motifs is 2. The van der Waals surface area contributed by atoms with E-state index in [1.807, 2.05) is 11.8 Å². The maximum Gasteiger partial charge on any atom is 0.410 e. The standard InChI is InChI=1S/C32H41ClFN3O5S/c1-2-24(20-38)35-25-18-26-11-12-27(19-25)36(26)31(39)42-32(15-16-32)30-8-4-7-29(21-5-3-6-23(34)17-21)37(30)43(40,41)28-13-9-22(33)10-14-28/h3,5-6,9-10,13-14,17,24-27,29-30,35,38H,2,4,7-8,11-12,15-16,18-20H2,1H3. The zero-order valence-electron chi connectivity index (χ0n) is 24.5. The maximum atomic E-state index is 14.4. The van der Waals surface area contributed by atoms with Crippen LogP contribution in [0.25, 0.3) is 0 Å². The Labute approximate surface area is 258 Å². The normalized spacial score (nSPS) is 29.3. The molecule has 5 unspecified atom stereocenters. The fourth-order valence-electron chi connectivity index (χ4n) is 7.66. The van der Waals surface area contributed by atoms with E-state index in [0.717, 1.165) is 38.5 Å². The van der Waals surface area contributed by atoms with Crippen molar-refractivity contribution in [2.45, 2.75) is 118 Å². The lowest BCUT2D eigenvalue weighted by Crippen LogP contribution is -2.57. The van der Waals surface area contributed by atoms with Crippen molar-refractivity contribution in [1.29, 1.82) is 0 Å². The Hall–Kier alpha value is -2.24. The number of piperidine rings is 2. The molecule has 0 spiro atoms. The first-order valence-corrected chi connectivity index (χ1v) is 17.4. The van der Waals surface area contributed by atoms with Crippen molar-refractivity contribution in [3.05, 3.63) is 64.9 Å². The molecule has 2 aromatic rings. The van der Waals surface area contributed by atoms with E-state index in [1.165, 1.54) is 28.6 Å². The SMILES string of the molecule is CCC(CO)NC1CC2CCC(C1)N2C(=O)OC1(C2CCCC(c3cccc(F)c3)N2S(=O)(=O)c2ccc(Cl)cc2)CC1. The molecular formula is C32H41ClFN3O5S. The summed E-state index contributed by atoms with van der Waals surface area (Å²) < 4.78 is 50.9. The van der Waals surface area contributed by atoms with Gasteiger partial charge in [0.1, 0.15) is 11.4 Å². The van der Waals surface area contributed by atoms with E-state index in [1.54, 1.807) is 24.3 Å². The minimum atomic E-state index is -4.06. The van der Waals surface area contributed by atoms with Crippen molar-refractivity contribution in [2.75, 3.05) is 6.61 Å². The number of nitrogens with zero attached hydrogens (tertiary/aromatic N) is 2. The summed E-state index contributed by atoms with van der Waals surface area (Å²) >= 11 is 6.08.